The van der Waals surface area contributed by atoms with E-state index in [0.29, 0.717) is 0 Å². The van der Waals surface area contributed by atoms with Crippen LogP contribution in [0.5, 0.6) is 0 Å². The molecule has 1 N–H and O–H groups in total. The number of rotatable bonds is 5. The van der Waals surface area contributed by atoms with Gasteiger partial charge in [0.25, 0.3) is 0 Å². The van der Waals surface area contributed by atoms with Crippen molar-refractivity contribution in [2.45, 2.75) is 24.7 Å². The van der Waals surface area contributed by atoms with Crippen LogP contribution in [-0.2, 0) is 0 Å². The number of allylic oxidation sites excluding steroid dienone is 1. The second-order valence-electron chi connectivity index (χ2n) is 3.17. The quantitative estimate of drug-likeness (QED) is 0.785. The Morgan fingerprint density at radius 3 is 2.60 bits per heavy atom. The standard InChI is InChI=1S/C12H15ClOS/c1-2-3-4-12(9-14)15-11-7-5-10(13)6-8-11/h4-8,14H,2-3,9H2,1H3/b12-4+. The predicted octanol–water partition coefficient (Wildman–Crippen LogP) is 4.11. The van der Waals surface area contributed by atoms with Gasteiger partial charge >= 0.3 is 0 Å². The molecule has 0 saturated carbocycles. The van der Waals surface area contributed by atoms with Gasteiger partial charge in [-0.2, -0.15) is 0 Å². The van der Waals surface area contributed by atoms with Crippen LogP contribution in [0.15, 0.2) is 40.1 Å². The van der Waals surface area contributed by atoms with Gasteiger partial charge in [0.1, 0.15) is 0 Å². The topological polar surface area (TPSA) is 20.2 Å². The van der Waals surface area contributed by atoms with Gasteiger partial charge in [0, 0.05) is 14.8 Å². The Bertz CT molecular complexity index is 319. The van der Waals surface area contributed by atoms with E-state index in [4.69, 9.17) is 16.7 Å². The van der Waals surface area contributed by atoms with Gasteiger partial charge in [-0.15, -0.1) is 0 Å². The van der Waals surface area contributed by atoms with Gasteiger partial charge in [0.15, 0.2) is 0 Å². The fourth-order valence-electron chi connectivity index (χ4n) is 1.10. The lowest BCUT2D eigenvalue weighted by Gasteiger charge is -2.03. The maximum absolute atomic E-state index is 9.15. The lowest BCUT2D eigenvalue weighted by atomic mass is 10.3. The highest BCUT2D eigenvalue weighted by atomic mass is 35.5. The van der Waals surface area contributed by atoms with Gasteiger partial charge in [-0.1, -0.05) is 42.8 Å². The molecule has 0 saturated heterocycles. The maximum atomic E-state index is 9.15. The summed E-state index contributed by atoms with van der Waals surface area (Å²) in [6.07, 6.45) is 4.19. The highest BCUT2D eigenvalue weighted by molar-refractivity contribution is 8.03. The van der Waals surface area contributed by atoms with Crippen LogP contribution in [0.25, 0.3) is 0 Å². The number of unbranched alkanes of at least 4 members (excludes halogenated alkanes) is 1. The molecular formula is C12H15ClOS. The van der Waals surface area contributed by atoms with Gasteiger partial charge in [0.2, 0.25) is 0 Å². The van der Waals surface area contributed by atoms with Gasteiger partial charge in [-0.3, -0.25) is 0 Å². The second-order valence-corrected chi connectivity index (χ2v) is 4.81. The summed E-state index contributed by atoms with van der Waals surface area (Å²) in [7, 11) is 0. The molecule has 0 spiro atoms. The summed E-state index contributed by atoms with van der Waals surface area (Å²) in [4.78, 5) is 2.11. The summed E-state index contributed by atoms with van der Waals surface area (Å²) in [5, 5.41) is 9.89. The van der Waals surface area contributed by atoms with Crippen molar-refractivity contribution in [3.05, 3.63) is 40.3 Å². The molecule has 0 fully saturated rings. The number of thioether (sulfide) groups is 1. The summed E-state index contributed by atoms with van der Waals surface area (Å²) in [5.41, 5.74) is 0. The Kier molecular flexibility index (Phi) is 5.84. The van der Waals surface area contributed by atoms with Crippen LogP contribution in [0.3, 0.4) is 0 Å². The van der Waals surface area contributed by atoms with E-state index in [1.807, 2.05) is 24.3 Å². The molecule has 0 radical (unpaired) electrons. The minimum Gasteiger partial charge on any atom is -0.391 e. The summed E-state index contributed by atoms with van der Waals surface area (Å²) >= 11 is 7.38. The molecule has 0 aliphatic heterocycles. The minimum atomic E-state index is 0.104. The molecule has 0 unspecified atom stereocenters. The smallest absolute Gasteiger partial charge is 0.0740 e. The summed E-state index contributed by atoms with van der Waals surface area (Å²) < 4.78 is 0. The first-order valence-electron chi connectivity index (χ1n) is 4.99. The molecule has 0 aliphatic rings. The number of hydrogen-bond acceptors (Lipinski definition) is 2. The summed E-state index contributed by atoms with van der Waals surface area (Å²) in [6, 6.07) is 7.64. The van der Waals surface area contributed by atoms with E-state index >= 15 is 0 Å². The molecule has 1 aromatic rings. The third-order valence-electron chi connectivity index (χ3n) is 1.88. The van der Waals surface area contributed by atoms with Crippen LogP contribution in [0.2, 0.25) is 5.02 Å². The predicted molar refractivity (Wildman–Crippen MR) is 67.4 cm³/mol. The van der Waals surface area contributed by atoms with Crippen LogP contribution in [0, 0.1) is 0 Å². The lowest BCUT2D eigenvalue weighted by Crippen LogP contribution is -1.85. The third kappa shape index (κ3) is 4.74. The number of aliphatic hydroxyl groups is 1. The Morgan fingerprint density at radius 2 is 2.07 bits per heavy atom. The van der Waals surface area contributed by atoms with Crippen molar-refractivity contribution >= 4 is 23.4 Å². The van der Waals surface area contributed by atoms with Crippen LogP contribution in [0.4, 0.5) is 0 Å². The van der Waals surface area contributed by atoms with Gasteiger partial charge in [-0.25, -0.2) is 0 Å². The van der Waals surface area contributed by atoms with E-state index in [2.05, 4.69) is 13.0 Å². The molecule has 0 heterocycles. The van der Waals surface area contributed by atoms with E-state index in [-0.39, 0.29) is 6.61 Å². The molecule has 0 aliphatic carbocycles. The second kappa shape index (κ2) is 6.94. The average Bonchev–Trinajstić information content (AvgIpc) is 2.27. The third-order valence-corrected chi connectivity index (χ3v) is 3.20. The number of aliphatic hydroxyl groups excluding tert-OH is 1. The summed E-state index contributed by atoms with van der Waals surface area (Å²) in [6.45, 7) is 2.23. The summed E-state index contributed by atoms with van der Waals surface area (Å²) in [5.74, 6) is 0. The highest BCUT2D eigenvalue weighted by Gasteiger charge is 1.99. The van der Waals surface area contributed by atoms with Crippen molar-refractivity contribution in [1.82, 2.24) is 0 Å². The molecule has 0 atom stereocenters. The Balaban J connectivity index is 2.62. The van der Waals surface area contributed by atoms with Crippen LogP contribution < -0.4 is 0 Å². The first-order valence-corrected chi connectivity index (χ1v) is 6.19. The zero-order chi connectivity index (χ0) is 11.1. The van der Waals surface area contributed by atoms with Gasteiger partial charge in [0.05, 0.1) is 6.61 Å². The fraction of sp³-hybridized carbons (Fsp3) is 0.333. The van der Waals surface area contributed by atoms with Crippen LogP contribution in [0.1, 0.15) is 19.8 Å². The SMILES string of the molecule is CCC/C=C(\CO)Sc1ccc(Cl)cc1. The highest BCUT2D eigenvalue weighted by Crippen LogP contribution is 2.27. The van der Waals surface area contributed by atoms with Crippen molar-refractivity contribution in [2.24, 2.45) is 0 Å². The first kappa shape index (κ1) is 12.6. The van der Waals surface area contributed by atoms with Crippen molar-refractivity contribution < 1.29 is 5.11 Å². The van der Waals surface area contributed by atoms with E-state index < -0.39 is 0 Å². The fourth-order valence-corrected chi connectivity index (χ4v) is 2.06. The number of benzene rings is 1. The molecule has 0 aromatic heterocycles. The normalized spacial score (nSPS) is 11.8. The van der Waals surface area contributed by atoms with Crippen molar-refractivity contribution in [1.29, 1.82) is 0 Å². The Hall–Kier alpha value is -0.440. The maximum Gasteiger partial charge on any atom is 0.0740 e. The molecule has 82 valence electrons. The molecule has 1 aromatic carbocycles. The zero-order valence-electron chi connectivity index (χ0n) is 8.74. The molecule has 0 amide bonds. The Morgan fingerprint density at radius 1 is 1.40 bits per heavy atom. The molecule has 0 bridgehead atoms. The number of hydrogen-bond donors (Lipinski definition) is 1. The molecule has 1 rings (SSSR count). The van der Waals surface area contributed by atoms with Gasteiger partial charge < -0.3 is 5.11 Å². The first-order chi connectivity index (χ1) is 7.26. The lowest BCUT2D eigenvalue weighted by molar-refractivity contribution is 0.339. The van der Waals surface area contributed by atoms with Crippen LogP contribution in [-0.4, -0.2) is 11.7 Å². The molecule has 1 nitrogen and oxygen atoms in total. The van der Waals surface area contributed by atoms with E-state index in [1.165, 1.54) is 0 Å². The largest absolute Gasteiger partial charge is 0.391 e. The Labute approximate surface area is 100 Å². The zero-order valence-corrected chi connectivity index (χ0v) is 10.3. The van der Waals surface area contributed by atoms with E-state index in [9.17, 15) is 0 Å². The molecule has 3 heteroatoms. The van der Waals surface area contributed by atoms with Crippen LogP contribution >= 0.6 is 23.4 Å². The van der Waals surface area contributed by atoms with Crippen molar-refractivity contribution in [3.63, 3.8) is 0 Å². The van der Waals surface area contributed by atoms with Gasteiger partial charge in [-0.05, 0) is 30.7 Å². The monoisotopic (exact) mass is 242 g/mol. The van der Waals surface area contributed by atoms with E-state index in [1.54, 1.807) is 11.8 Å². The average molecular weight is 243 g/mol. The van der Waals surface area contributed by atoms with Crippen molar-refractivity contribution in [2.75, 3.05) is 6.61 Å². The molecular weight excluding hydrogens is 228 g/mol. The van der Waals surface area contributed by atoms with E-state index in [0.717, 1.165) is 27.7 Å². The minimum absolute atomic E-state index is 0.104. The number of halogens is 1. The molecule has 15 heavy (non-hydrogen) atoms. The van der Waals surface area contributed by atoms with Crippen molar-refractivity contribution in [3.8, 4) is 0 Å².